The molecule has 0 aromatic heterocycles. The Labute approximate surface area is 108 Å². The van der Waals surface area contributed by atoms with Gasteiger partial charge in [-0.05, 0) is 56.1 Å². The number of hydrogen-bond acceptors (Lipinski definition) is 2. The minimum Gasteiger partial charge on any atom is -0.330 e. The summed E-state index contributed by atoms with van der Waals surface area (Å²) < 4.78 is 26.4. The van der Waals surface area contributed by atoms with Gasteiger partial charge in [-0.3, -0.25) is 0 Å². The Morgan fingerprint density at radius 1 is 1.33 bits per heavy atom. The predicted molar refractivity (Wildman–Crippen MR) is 70.4 cm³/mol. The van der Waals surface area contributed by atoms with Crippen molar-refractivity contribution in [1.29, 1.82) is 0 Å². The second-order valence-corrected chi connectivity index (χ2v) is 4.93. The van der Waals surface area contributed by atoms with E-state index in [0.717, 1.165) is 25.6 Å². The molecule has 0 aliphatic heterocycles. The van der Waals surface area contributed by atoms with E-state index in [1.165, 1.54) is 12.1 Å². The summed E-state index contributed by atoms with van der Waals surface area (Å²) >= 11 is 0. The van der Waals surface area contributed by atoms with Gasteiger partial charge in [-0.25, -0.2) is 8.78 Å². The van der Waals surface area contributed by atoms with Crippen molar-refractivity contribution >= 4 is 0 Å². The fraction of sp³-hybridized carbons (Fsp3) is 0.571. The van der Waals surface area contributed by atoms with Crippen molar-refractivity contribution in [2.24, 2.45) is 11.7 Å². The van der Waals surface area contributed by atoms with Crippen LogP contribution in [0.25, 0.3) is 0 Å². The van der Waals surface area contributed by atoms with Crippen LogP contribution in [0.1, 0.15) is 18.9 Å². The molecular formula is C14H22F2N2. The van der Waals surface area contributed by atoms with Gasteiger partial charge in [0.1, 0.15) is 11.6 Å². The smallest absolute Gasteiger partial charge is 0.126 e. The zero-order valence-electron chi connectivity index (χ0n) is 11.1. The third-order valence-corrected chi connectivity index (χ3v) is 3.05. The summed E-state index contributed by atoms with van der Waals surface area (Å²) in [5, 5.41) is 0. The Kier molecular flexibility index (Phi) is 6.22. The second kappa shape index (κ2) is 7.44. The summed E-state index contributed by atoms with van der Waals surface area (Å²) in [6.45, 7) is 4.48. The van der Waals surface area contributed by atoms with Gasteiger partial charge in [0.25, 0.3) is 0 Å². The molecule has 0 heterocycles. The number of nitrogens with two attached hydrogens (primary N) is 1. The summed E-state index contributed by atoms with van der Waals surface area (Å²) in [5.74, 6) is -0.192. The Bertz CT molecular complexity index is 369. The fourth-order valence-electron chi connectivity index (χ4n) is 2.05. The summed E-state index contributed by atoms with van der Waals surface area (Å²) in [6.07, 6.45) is 1.51. The highest BCUT2D eigenvalue weighted by atomic mass is 19.1. The van der Waals surface area contributed by atoms with Crippen LogP contribution in [0.5, 0.6) is 0 Å². The van der Waals surface area contributed by atoms with E-state index in [2.05, 4.69) is 11.8 Å². The van der Waals surface area contributed by atoms with Gasteiger partial charge in [0.15, 0.2) is 0 Å². The lowest BCUT2D eigenvalue weighted by molar-refractivity contribution is 0.282. The summed E-state index contributed by atoms with van der Waals surface area (Å²) in [6, 6.07) is 3.60. The van der Waals surface area contributed by atoms with Gasteiger partial charge in [-0.15, -0.1) is 0 Å². The first-order valence-electron chi connectivity index (χ1n) is 6.35. The van der Waals surface area contributed by atoms with Crippen molar-refractivity contribution in [3.8, 4) is 0 Å². The number of hydrogen-bond donors (Lipinski definition) is 1. The van der Waals surface area contributed by atoms with Crippen LogP contribution in [0.15, 0.2) is 18.2 Å². The van der Waals surface area contributed by atoms with E-state index in [1.54, 1.807) is 0 Å². The predicted octanol–water partition coefficient (Wildman–Crippen LogP) is 2.42. The molecule has 0 saturated carbocycles. The summed E-state index contributed by atoms with van der Waals surface area (Å²) in [7, 11) is 1.99. The molecule has 0 aliphatic carbocycles. The van der Waals surface area contributed by atoms with Gasteiger partial charge in [-0.2, -0.15) is 0 Å². The maximum absolute atomic E-state index is 13.4. The minimum atomic E-state index is -0.384. The fourth-order valence-corrected chi connectivity index (χ4v) is 2.05. The van der Waals surface area contributed by atoms with Gasteiger partial charge in [0.05, 0.1) is 0 Å². The number of nitrogens with zero attached hydrogens (tertiary/aromatic N) is 1. The highest BCUT2D eigenvalue weighted by Gasteiger charge is 2.08. The maximum Gasteiger partial charge on any atom is 0.126 e. The van der Waals surface area contributed by atoms with Crippen LogP contribution in [-0.2, 0) is 6.42 Å². The molecule has 1 atom stereocenters. The third kappa shape index (κ3) is 5.10. The summed E-state index contributed by atoms with van der Waals surface area (Å²) in [4.78, 5) is 2.13. The molecule has 4 heteroatoms. The lowest BCUT2D eigenvalue weighted by Gasteiger charge is -2.21. The minimum absolute atomic E-state index is 0.334. The van der Waals surface area contributed by atoms with Crippen LogP contribution in [0.2, 0.25) is 0 Å². The standard InChI is InChI=1S/C14H22F2N2/c1-11(5-7-17)10-18(2)8-6-12-9-13(15)3-4-14(12)16/h3-4,9,11H,5-8,10,17H2,1-2H3. The van der Waals surface area contributed by atoms with Gasteiger partial charge in [0, 0.05) is 13.1 Å². The molecule has 0 fully saturated rings. The van der Waals surface area contributed by atoms with E-state index in [9.17, 15) is 8.78 Å². The first-order chi connectivity index (χ1) is 8.52. The number of benzene rings is 1. The topological polar surface area (TPSA) is 29.3 Å². The van der Waals surface area contributed by atoms with Crippen molar-refractivity contribution in [1.82, 2.24) is 4.90 Å². The first-order valence-corrected chi connectivity index (χ1v) is 6.35. The Hall–Kier alpha value is -1.00. The highest BCUT2D eigenvalue weighted by Crippen LogP contribution is 2.11. The molecule has 1 aromatic carbocycles. The van der Waals surface area contributed by atoms with Crippen molar-refractivity contribution in [3.63, 3.8) is 0 Å². The maximum atomic E-state index is 13.4. The first kappa shape index (κ1) is 15.1. The van der Waals surface area contributed by atoms with Crippen LogP contribution in [0, 0.1) is 17.6 Å². The van der Waals surface area contributed by atoms with Crippen LogP contribution >= 0.6 is 0 Å². The number of halogens is 2. The van der Waals surface area contributed by atoms with E-state index in [-0.39, 0.29) is 11.6 Å². The van der Waals surface area contributed by atoms with E-state index in [0.29, 0.717) is 24.4 Å². The molecule has 1 aromatic rings. The van der Waals surface area contributed by atoms with Crippen LogP contribution in [0.4, 0.5) is 8.78 Å². The monoisotopic (exact) mass is 256 g/mol. The highest BCUT2D eigenvalue weighted by molar-refractivity contribution is 5.18. The van der Waals surface area contributed by atoms with Crippen molar-refractivity contribution in [2.75, 3.05) is 26.7 Å². The zero-order valence-corrected chi connectivity index (χ0v) is 11.1. The van der Waals surface area contributed by atoms with Crippen LogP contribution in [0.3, 0.4) is 0 Å². The lowest BCUT2D eigenvalue weighted by atomic mass is 10.1. The van der Waals surface area contributed by atoms with Gasteiger partial charge >= 0.3 is 0 Å². The molecule has 2 N–H and O–H groups in total. The van der Waals surface area contributed by atoms with Crippen molar-refractivity contribution in [2.45, 2.75) is 19.8 Å². The number of rotatable bonds is 7. The van der Waals surface area contributed by atoms with E-state index in [1.807, 2.05) is 7.05 Å². The molecule has 0 radical (unpaired) electrons. The Morgan fingerprint density at radius 2 is 2.06 bits per heavy atom. The molecule has 0 bridgehead atoms. The van der Waals surface area contributed by atoms with Gasteiger partial charge < -0.3 is 10.6 Å². The molecule has 0 saturated heterocycles. The van der Waals surface area contributed by atoms with Crippen molar-refractivity contribution < 1.29 is 8.78 Å². The normalized spacial score (nSPS) is 13.0. The number of likely N-dealkylation sites (N-methyl/N-ethyl adjacent to an activating group) is 1. The molecule has 18 heavy (non-hydrogen) atoms. The largest absolute Gasteiger partial charge is 0.330 e. The average Bonchev–Trinajstić information content (AvgIpc) is 2.30. The molecule has 1 rings (SSSR count). The van der Waals surface area contributed by atoms with Gasteiger partial charge in [-0.1, -0.05) is 6.92 Å². The Balaban J connectivity index is 2.42. The van der Waals surface area contributed by atoms with Gasteiger partial charge in [0.2, 0.25) is 0 Å². The lowest BCUT2D eigenvalue weighted by Crippen LogP contribution is -2.27. The van der Waals surface area contributed by atoms with E-state index in [4.69, 9.17) is 5.73 Å². The molecule has 0 aliphatic rings. The molecule has 0 spiro atoms. The average molecular weight is 256 g/mol. The second-order valence-electron chi connectivity index (χ2n) is 4.93. The molecule has 102 valence electrons. The summed E-state index contributed by atoms with van der Waals surface area (Å²) in [5.41, 5.74) is 5.94. The van der Waals surface area contributed by atoms with Crippen LogP contribution in [-0.4, -0.2) is 31.6 Å². The Morgan fingerprint density at radius 3 is 2.72 bits per heavy atom. The quantitative estimate of drug-likeness (QED) is 0.812. The van der Waals surface area contributed by atoms with E-state index >= 15 is 0 Å². The molecule has 2 nitrogen and oxygen atoms in total. The van der Waals surface area contributed by atoms with Crippen molar-refractivity contribution in [3.05, 3.63) is 35.4 Å². The van der Waals surface area contributed by atoms with Crippen LogP contribution < -0.4 is 5.73 Å². The third-order valence-electron chi connectivity index (χ3n) is 3.05. The SMILES string of the molecule is CC(CCN)CN(C)CCc1cc(F)ccc1F. The molecule has 1 unspecified atom stereocenters. The van der Waals surface area contributed by atoms with E-state index < -0.39 is 0 Å². The zero-order chi connectivity index (χ0) is 13.5. The molecule has 0 amide bonds. The molecular weight excluding hydrogens is 234 g/mol.